The predicted molar refractivity (Wildman–Crippen MR) is 103 cm³/mol. The number of amides is 2. The Bertz CT molecular complexity index is 774. The fraction of sp³-hybridized carbons (Fsp3) is 0.368. The van der Waals surface area contributed by atoms with Crippen LogP contribution in [-0.2, 0) is 0 Å². The molecule has 1 atom stereocenters. The molecule has 0 spiro atoms. The monoisotopic (exact) mass is 355 g/mol. The maximum absolute atomic E-state index is 12.2. The molecular formula is C19H25N5O2. The van der Waals surface area contributed by atoms with Crippen LogP contribution >= 0.6 is 0 Å². The maximum Gasteiger partial charge on any atom is 0.324 e. The Morgan fingerprint density at radius 2 is 2.00 bits per heavy atom. The average molecular weight is 355 g/mol. The summed E-state index contributed by atoms with van der Waals surface area (Å²) >= 11 is 0. The van der Waals surface area contributed by atoms with E-state index in [1.54, 1.807) is 13.1 Å². The zero-order chi connectivity index (χ0) is 19.1. The van der Waals surface area contributed by atoms with Crippen molar-refractivity contribution in [2.24, 2.45) is 5.92 Å². The largest absolute Gasteiger partial charge is 0.491 e. The molecule has 7 heteroatoms. The number of aryl methyl sites for hydroxylation is 2. The van der Waals surface area contributed by atoms with Gasteiger partial charge in [0, 0.05) is 5.71 Å². The standard InChI is InChI=1S/C19H25N5O2/c1-12-5-6-17(26-11-13(2)7-14(3)20)16(8-12)23-19(25)24-18-10-21-15(4)9-22-18/h5-6,8-10,13,20H,7,11H2,1-4H3,(H2,22,23,24,25). The van der Waals surface area contributed by atoms with E-state index < -0.39 is 6.03 Å². The first-order valence-corrected chi connectivity index (χ1v) is 8.47. The third kappa shape index (κ3) is 6.16. The van der Waals surface area contributed by atoms with Crippen molar-refractivity contribution in [1.82, 2.24) is 9.97 Å². The van der Waals surface area contributed by atoms with Gasteiger partial charge >= 0.3 is 6.03 Å². The highest BCUT2D eigenvalue weighted by molar-refractivity contribution is 6.00. The van der Waals surface area contributed by atoms with Gasteiger partial charge < -0.3 is 15.5 Å². The first-order chi connectivity index (χ1) is 12.3. The first kappa shape index (κ1) is 19.4. The summed E-state index contributed by atoms with van der Waals surface area (Å²) in [6, 6.07) is 5.20. The highest BCUT2D eigenvalue weighted by atomic mass is 16.5. The van der Waals surface area contributed by atoms with E-state index in [1.165, 1.54) is 6.20 Å². The molecule has 7 nitrogen and oxygen atoms in total. The van der Waals surface area contributed by atoms with Gasteiger partial charge in [-0.25, -0.2) is 9.78 Å². The van der Waals surface area contributed by atoms with Crippen LogP contribution in [-0.4, -0.2) is 28.3 Å². The highest BCUT2D eigenvalue weighted by Gasteiger charge is 2.11. The molecule has 0 aliphatic rings. The Morgan fingerprint density at radius 3 is 2.65 bits per heavy atom. The number of aromatic nitrogens is 2. The fourth-order valence-corrected chi connectivity index (χ4v) is 2.41. The molecule has 0 saturated heterocycles. The number of nitrogens with zero attached hydrogens (tertiary/aromatic N) is 2. The van der Waals surface area contributed by atoms with Gasteiger partial charge in [-0.15, -0.1) is 0 Å². The van der Waals surface area contributed by atoms with Crippen molar-refractivity contribution in [3.05, 3.63) is 41.9 Å². The van der Waals surface area contributed by atoms with Crippen molar-refractivity contribution in [2.75, 3.05) is 17.2 Å². The maximum atomic E-state index is 12.2. The Hall–Kier alpha value is -2.96. The summed E-state index contributed by atoms with van der Waals surface area (Å²) in [5.41, 5.74) is 2.99. The number of carbonyl (C=O) groups excluding carboxylic acids is 1. The summed E-state index contributed by atoms with van der Waals surface area (Å²) in [5, 5.41) is 13.0. The van der Waals surface area contributed by atoms with E-state index in [1.807, 2.05) is 39.0 Å². The molecule has 138 valence electrons. The van der Waals surface area contributed by atoms with Gasteiger partial charge in [0.25, 0.3) is 0 Å². The average Bonchev–Trinajstić information content (AvgIpc) is 2.55. The van der Waals surface area contributed by atoms with Crippen LogP contribution < -0.4 is 15.4 Å². The third-order valence-electron chi connectivity index (χ3n) is 3.58. The Morgan fingerprint density at radius 1 is 1.23 bits per heavy atom. The van der Waals surface area contributed by atoms with Crippen LogP contribution in [0.15, 0.2) is 30.6 Å². The van der Waals surface area contributed by atoms with Crippen molar-refractivity contribution in [3.63, 3.8) is 0 Å². The number of hydrogen-bond donors (Lipinski definition) is 3. The molecule has 0 saturated carbocycles. The lowest BCUT2D eigenvalue weighted by molar-refractivity contribution is 0.259. The van der Waals surface area contributed by atoms with Crippen LogP contribution in [0.3, 0.4) is 0 Å². The van der Waals surface area contributed by atoms with Gasteiger partial charge in [0.05, 0.1) is 30.4 Å². The minimum atomic E-state index is -0.415. The normalized spacial score (nSPS) is 11.5. The number of anilines is 2. The van der Waals surface area contributed by atoms with E-state index in [9.17, 15) is 4.79 Å². The molecule has 2 aromatic rings. The summed E-state index contributed by atoms with van der Waals surface area (Å²) in [4.78, 5) is 20.4. The van der Waals surface area contributed by atoms with Crippen LogP contribution in [0.1, 0.15) is 31.5 Å². The van der Waals surface area contributed by atoms with E-state index in [4.69, 9.17) is 10.1 Å². The molecule has 1 aromatic heterocycles. The summed E-state index contributed by atoms with van der Waals surface area (Å²) in [5.74, 6) is 1.19. The highest BCUT2D eigenvalue weighted by Crippen LogP contribution is 2.26. The molecule has 2 rings (SSSR count). The van der Waals surface area contributed by atoms with E-state index in [-0.39, 0.29) is 5.92 Å². The molecular weight excluding hydrogens is 330 g/mol. The summed E-state index contributed by atoms with van der Waals surface area (Å²) < 4.78 is 5.85. The van der Waals surface area contributed by atoms with Gasteiger partial charge in [-0.1, -0.05) is 13.0 Å². The van der Waals surface area contributed by atoms with Gasteiger partial charge in [-0.3, -0.25) is 10.3 Å². The van der Waals surface area contributed by atoms with Gasteiger partial charge in [0.15, 0.2) is 5.82 Å². The van der Waals surface area contributed by atoms with Crippen LogP contribution in [0, 0.1) is 25.2 Å². The summed E-state index contributed by atoms with van der Waals surface area (Å²) in [7, 11) is 0. The minimum absolute atomic E-state index is 0.221. The van der Waals surface area contributed by atoms with E-state index in [0.29, 0.717) is 36.0 Å². The van der Waals surface area contributed by atoms with Crippen LogP contribution in [0.25, 0.3) is 0 Å². The molecule has 0 fully saturated rings. The van der Waals surface area contributed by atoms with Crippen LogP contribution in [0.5, 0.6) is 5.75 Å². The smallest absolute Gasteiger partial charge is 0.324 e. The number of nitrogens with one attached hydrogen (secondary N) is 3. The van der Waals surface area contributed by atoms with Gasteiger partial charge in [-0.05, 0) is 50.8 Å². The first-order valence-electron chi connectivity index (χ1n) is 8.47. The van der Waals surface area contributed by atoms with Gasteiger partial charge in [-0.2, -0.15) is 0 Å². The van der Waals surface area contributed by atoms with Crippen molar-refractivity contribution >= 4 is 23.2 Å². The van der Waals surface area contributed by atoms with E-state index >= 15 is 0 Å². The lowest BCUT2D eigenvalue weighted by atomic mass is 10.1. The van der Waals surface area contributed by atoms with Crippen LogP contribution in [0.4, 0.5) is 16.3 Å². The lowest BCUT2D eigenvalue weighted by Gasteiger charge is -2.16. The summed E-state index contributed by atoms with van der Waals surface area (Å²) in [6.45, 7) is 8.06. The van der Waals surface area contributed by atoms with E-state index in [0.717, 1.165) is 11.3 Å². The molecule has 1 aromatic carbocycles. The second kappa shape index (κ2) is 8.94. The SMILES string of the molecule is CC(=N)CC(C)COc1ccc(C)cc1NC(=O)Nc1cnc(C)cn1. The minimum Gasteiger partial charge on any atom is -0.491 e. The molecule has 0 bridgehead atoms. The second-order valence-corrected chi connectivity index (χ2v) is 6.52. The third-order valence-corrected chi connectivity index (χ3v) is 3.58. The van der Waals surface area contributed by atoms with Crippen LogP contribution in [0.2, 0.25) is 0 Å². The fourth-order valence-electron chi connectivity index (χ4n) is 2.41. The molecule has 1 unspecified atom stereocenters. The lowest BCUT2D eigenvalue weighted by Crippen LogP contribution is -2.21. The number of rotatable bonds is 7. The Kier molecular flexibility index (Phi) is 6.66. The van der Waals surface area contributed by atoms with Crippen molar-refractivity contribution in [1.29, 1.82) is 5.41 Å². The van der Waals surface area contributed by atoms with Gasteiger partial charge in [0.2, 0.25) is 0 Å². The molecule has 0 aliphatic carbocycles. The molecule has 0 radical (unpaired) electrons. The Balaban J connectivity index is 2.02. The molecule has 1 heterocycles. The number of benzene rings is 1. The quantitative estimate of drug-likeness (QED) is 0.649. The van der Waals surface area contributed by atoms with E-state index in [2.05, 4.69) is 20.6 Å². The number of ether oxygens (including phenoxy) is 1. The Labute approximate surface area is 153 Å². The zero-order valence-electron chi connectivity index (χ0n) is 15.6. The molecule has 0 aliphatic heterocycles. The molecule has 26 heavy (non-hydrogen) atoms. The molecule has 3 N–H and O–H groups in total. The number of hydrogen-bond acceptors (Lipinski definition) is 5. The zero-order valence-corrected chi connectivity index (χ0v) is 15.6. The number of carbonyl (C=O) groups is 1. The van der Waals surface area contributed by atoms with Crippen molar-refractivity contribution < 1.29 is 9.53 Å². The van der Waals surface area contributed by atoms with Gasteiger partial charge in [0.1, 0.15) is 5.75 Å². The predicted octanol–water partition coefficient (Wildman–Crippen LogP) is 4.18. The van der Waals surface area contributed by atoms with Crippen molar-refractivity contribution in [3.8, 4) is 5.75 Å². The second-order valence-electron chi connectivity index (χ2n) is 6.52. The summed E-state index contributed by atoms with van der Waals surface area (Å²) in [6.07, 6.45) is 3.77. The molecule has 2 amide bonds. The number of urea groups is 1. The topological polar surface area (TPSA) is 100.0 Å². The van der Waals surface area contributed by atoms with Crippen molar-refractivity contribution in [2.45, 2.75) is 34.1 Å².